The van der Waals surface area contributed by atoms with Gasteiger partial charge in [-0.15, -0.1) is 0 Å². The highest BCUT2D eigenvalue weighted by Gasteiger charge is 2.24. The van der Waals surface area contributed by atoms with E-state index in [2.05, 4.69) is 20.0 Å². The Morgan fingerprint density at radius 1 is 1.32 bits per heavy atom. The molecule has 37 heavy (non-hydrogen) atoms. The molecule has 3 aromatic rings. The molecule has 1 fully saturated rings. The second-order valence-electron chi connectivity index (χ2n) is 8.87. The summed E-state index contributed by atoms with van der Waals surface area (Å²) in [6.07, 6.45) is 1.61. The molecule has 2 aromatic heterocycles. The van der Waals surface area contributed by atoms with Crippen molar-refractivity contribution in [2.24, 2.45) is 7.05 Å². The number of aryl methyl sites for hydroxylation is 1. The zero-order valence-electron chi connectivity index (χ0n) is 20.7. The molecule has 0 radical (unpaired) electrons. The summed E-state index contributed by atoms with van der Waals surface area (Å²) in [6.45, 7) is 3.29. The number of anilines is 2. The van der Waals surface area contributed by atoms with Crippen LogP contribution in [-0.2, 0) is 11.8 Å². The molecule has 1 atom stereocenters. The number of hydrogen-bond donors (Lipinski definition) is 2. The molecule has 1 amide bonds. The Morgan fingerprint density at radius 2 is 2.11 bits per heavy atom. The number of carbonyl (C=O) groups is 1. The summed E-state index contributed by atoms with van der Waals surface area (Å²) in [6, 6.07) is 3.70. The molecule has 9 nitrogen and oxygen atoms in total. The van der Waals surface area contributed by atoms with Crippen LogP contribution in [0.4, 0.5) is 24.8 Å². The van der Waals surface area contributed by atoms with Gasteiger partial charge in [0.1, 0.15) is 17.6 Å². The standard InChI is InChI=1S/C24H28F3N7O2S/c1-14(35)32(2)9-4-8-28-24-29-12-15-11-17(23(36)33(3)22(15)30-24)20-18(26)5-6-19(21(20)27)31-37-34-10-7-16(25)13-34/h5-6,11-12,16,31H,4,7-10,13H2,1-3H3,(H,28,29,30)/t16-/m1/s1. The van der Waals surface area contributed by atoms with Gasteiger partial charge in [-0.05, 0) is 31.0 Å². The molecule has 0 bridgehead atoms. The molecule has 198 valence electrons. The number of carbonyl (C=O) groups excluding carboxylic acids is 1. The zero-order chi connectivity index (χ0) is 26.7. The van der Waals surface area contributed by atoms with E-state index in [1.807, 2.05) is 0 Å². The van der Waals surface area contributed by atoms with E-state index in [9.17, 15) is 18.4 Å². The van der Waals surface area contributed by atoms with Gasteiger partial charge in [-0.1, -0.05) is 0 Å². The number of amides is 1. The van der Waals surface area contributed by atoms with Crippen LogP contribution in [0.25, 0.3) is 22.2 Å². The van der Waals surface area contributed by atoms with Gasteiger partial charge in [0.25, 0.3) is 5.56 Å². The highest BCUT2D eigenvalue weighted by Crippen LogP contribution is 2.32. The number of nitrogens with zero attached hydrogens (tertiary/aromatic N) is 5. The second kappa shape index (κ2) is 11.4. The van der Waals surface area contributed by atoms with Gasteiger partial charge in [0.05, 0.1) is 16.8 Å². The van der Waals surface area contributed by atoms with Crippen LogP contribution in [0.15, 0.2) is 29.2 Å². The van der Waals surface area contributed by atoms with Crippen LogP contribution in [0.1, 0.15) is 19.8 Å². The number of hydrogen-bond acceptors (Lipinski definition) is 8. The molecule has 1 aliphatic rings. The van der Waals surface area contributed by atoms with Crippen LogP contribution in [-0.4, -0.2) is 69.0 Å². The molecule has 2 N–H and O–H groups in total. The molecule has 13 heteroatoms. The number of nitrogens with one attached hydrogen (secondary N) is 2. The van der Waals surface area contributed by atoms with E-state index in [1.165, 1.54) is 36.9 Å². The van der Waals surface area contributed by atoms with E-state index >= 15 is 4.39 Å². The van der Waals surface area contributed by atoms with Crippen LogP contribution in [0.2, 0.25) is 0 Å². The lowest BCUT2D eigenvalue weighted by Gasteiger charge is -2.16. The third-order valence-electron chi connectivity index (χ3n) is 6.18. The predicted octanol–water partition coefficient (Wildman–Crippen LogP) is 3.57. The smallest absolute Gasteiger partial charge is 0.260 e. The summed E-state index contributed by atoms with van der Waals surface area (Å²) < 4.78 is 49.4. The Kier molecular flexibility index (Phi) is 8.22. The summed E-state index contributed by atoms with van der Waals surface area (Å²) in [5.41, 5.74) is -0.970. The van der Waals surface area contributed by atoms with Gasteiger partial charge in [0, 0.05) is 70.9 Å². The predicted molar refractivity (Wildman–Crippen MR) is 139 cm³/mol. The monoisotopic (exact) mass is 535 g/mol. The maximum atomic E-state index is 15.4. The fourth-order valence-electron chi connectivity index (χ4n) is 3.95. The minimum atomic E-state index is -0.935. The van der Waals surface area contributed by atoms with Crippen molar-refractivity contribution in [3.05, 3.63) is 46.4 Å². The van der Waals surface area contributed by atoms with Gasteiger partial charge in [-0.25, -0.2) is 22.5 Å². The number of alkyl halides is 1. The van der Waals surface area contributed by atoms with Crippen LogP contribution < -0.4 is 15.6 Å². The molecular weight excluding hydrogens is 507 g/mol. The van der Waals surface area contributed by atoms with E-state index < -0.39 is 28.9 Å². The number of fused-ring (bicyclic) bond motifs is 1. The fraction of sp³-hybridized carbons (Fsp3) is 0.417. The van der Waals surface area contributed by atoms with Crippen LogP contribution in [0.5, 0.6) is 0 Å². The first-order chi connectivity index (χ1) is 17.7. The quantitative estimate of drug-likeness (QED) is 0.317. The third-order valence-corrected chi connectivity index (χ3v) is 7.08. The Bertz CT molecular complexity index is 1370. The average molecular weight is 536 g/mol. The van der Waals surface area contributed by atoms with Gasteiger partial charge >= 0.3 is 0 Å². The number of rotatable bonds is 9. The van der Waals surface area contributed by atoms with Gasteiger partial charge in [-0.2, -0.15) is 4.98 Å². The normalized spacial score (nSPS) is 15.8. The average Bonchev–Trinajstić information content (AvgIpc) is 3.29. The van der Waals surface area contributed by atoms with E-state index in [-0.39, 0.29) is 23.7 Å². The summed E-state index contributed by atoms with van der Waals surface area (Å²) >= 11 is 1.04. The van der Waals surface area contributed by atoms with E-state index in [0.29, 0.717) is 49.5 Å². The first kappa shape index (κ1) is 26.7. The van der Waals surface area contributed by atoms with Crippen molar-refractivity contribution in [1.29, 1.82) is 0 Å². The van der Waals surface area contributed by atoms with Crippen LogP contribution in [0.3, 0.4) is 0 Å². The van der Waals surface area contributed by atoms with Crippen molar-refractivity contribution in [3.63, 3.8) is 0 Å². The minimum absolute atomic E-state index is 0.0166. The summed E-state index contributed by atoms with van der Waals surface area (Å²) in [5.74, 6) is -1.54. The molecule has 1 aromatic carbocycles. The Labute approximate surface area is 216 Å². The van der Waals surface area contributed by atoms with E-state index in [1.54, 1.807) is 16.3 Å². The van der Waals surface area contributed by atoms with E-state index in [4.69, 9.17) is 0 Å². The van der Waals surface area contributed by atoms with Gasteiger partial charge in [-0.3, -0.25) is 14.2 Å². The van der Waals surface area contributed by atoms with Crippen LogP contribution >= 0.6 is 12.1 Å². The maximum absolute atomic E-state index is 15.4. The number of halogens is 3. The number of pyridine rings is 1. The van der Waals surface area contributed by atoms with E-state index in [0.717, 1.165) is 18.2 Å². The molecule has 0 aliphatic carbocycles. The van der Waals surface area contributed by atoms with Crippen molar-refractivity contribution in [2.75, 3.05) is 43.3 Å². The Morgan fingerprint density at radius 3 is 2.81 bits per heavy atom. The first-order valence-corrected chi connectivity index (χ1v) is 12.6. The first-order valence-electron chi connectivity index (χ1n) is 11.8. The topological polar surface area (TPSA) is 95.4 Å². The van der Waals surface area contributed by atoms with Crippen molar-refractivity contribution in [1.82, 2.24) is 23.7 Å². The lowest BCUT2D eigenvalue weighted by Crippen LogP contribution is -2.26. The lowest BCUT2D eigenvalue weighted by molar-refractivity contribution is -0.127. The summed E-state index contributed by atoms with van der Waals surface area (Å²) in [4.78, 5) is 34.7. The highest BCUT2D eigenvalue weighted by atomic mass is 32.2. The lowest BCUT2D eigenvalue weighted by atomic mass is 10.0. The molecule has 4 rings (SSSR count). The minimum Gasteiger partial charge on any atom is -0.354 e. The van der Waals surface area contributed by atoms with Gasteiger partial charge in [0.2, 0.25) is 11.9 Å². The van der Waals surface area contributed by atoms with Crippen molar-refractivity contribution >= 4 is 40.7 Å². The molecule has 1 aliphatic heterocycles. The maximum Gasteiger partial charge on any atom is 0.260 e. The summed E-state index contributed by atoms with van der Waals surface area (Å²) in [5, 5.41) is 3.48. The largest absolute Gasteiger partial charge is 0.354 e. The molecule has 0 unspecified atom stereocenters. The van der Waals surface area contributed by atoms with Crippen molar-refractivity contribution < 1.29 is 18.0 Å². The Hall–Kier alpha value is -3.32. The molecule has 0 spiro atoms. The molecule has 0 saturated carbocycles. The highest BCUT2D eigenvalue weighted by molar-refractivity contribution is 7.98. The fourth-order valence-corrected chi connectivity index (χ4v) is 4.77. The number of aromatic nitrogens is 3. The van der Waals surface area contributed by atoms with Gasteiger partial charge in [0.15, 0.2) is 5.82 Å². The van der Waals surface area contributed by atoms with Crippen LogP contribution in [0, 0.1) is 11.6 Å². The van der Waals surface area contributed by atoms with Gasteiger partial charge < -0.3 is 14.9 Å². The zero-order valence-corrected chi connectivity index (χ0v) is 21.5. The van der Waals surface area contributed by atoms with Crippen molar-refractivity contribution in [3.8, 4) is 11.1 Å². The molecule has 3 heterocycles. The SMILES string of the molecule is CC(=O)N(C)CCCNc1ncc2cc(-c3c(F)ccc(NSN4CC[C@@H](F)C4)c3F)c(=O)n(C)c2n1. The molecule has 1 saturated heterocycles. The molecular formula is C24H28F3N7O2S. The Balaban J connectivity index is 1.57. The number of benzene rings is 1. The third kappa shape index (κ3) is 5.99. The second-order valence-corrected chi connectivity index (χ2v) is 9.77. The van der Waals surface area contributed by atoms with Crippen molar-refractivity contribution in [2.45, 2.75) is 25.9 Å². The summed E-state index contributed by atoms with van der Waals surface area (Å²) in [7, 11) is 3.19.